The van der Waals surface area contributed by atoms with E-state index in [9.17, 15) is 9.59 Å². The fraction of sp³-hybridized carbons (Fsp3) is 0.417. The Morgan fingerprint density at radius 1 is 1.53 bits per heavy atom. The maximum atomic E-state index is 12.2. The van der Waals surface area contributed by atoms with Crippen LogP contribution in [0.4, 0.5) is 5.69 Å². The van der Waals surface area contributed by atoms with Crippen LogP contribution in [0.15, 0.2) is 22.9 Å². The molecule has 7 heteroatoms. The van der Waals surface area contributed by atoms with Gasteiger partial charge in [-0.05, 0) is 22.0 Å². The molecule has 1 fully saturated rings. The van der Waals surface area contributed by atoms with Crippen LogP contribution >= 0.6 is 15.9 Å². The lowest BCUT2D eigenvalue weighted by Crippen LogP contribution is -2.53. The standard InChI is InChI=1S/C12H14BrN3O3/c1-8(17)16-2-3-19-7-11(16)12(18)15-10-4-9(13)5-14-6-10/h4-6,11H,2-3,7H2,1H3,(H,15,18). The number of carbonyl (C=O) groups excluding carboxylic acids is 2. The highest BCUT2D eigenvalue weighted by Gasteiger charge is 2.31. The zero-order valence-corrected chi connectivity index (χ0v) is 12.0. The van der Waals surface area contributed by atoms with Gasteiger partial charge in [0.25, 0.3) is 0 Å². The van der Waals surface area contributed by atoms with Crippen LogP contribution in [0.2, 0.25) is 0 Å². The van der Waals surface area contributed by atoms with Crippen LogP contribution < -0.4 is 5.32 Å². The number of nitrogens with one attached hydrogen (secondary N) is 1. The van der Waals surface area contributed by atoms with E-state index < -0.39 is 6.04 Å². The minimum atomic E-state index is -0.592. The molecule has 2 rings (SSSR count). The summed E-state index contributed by atoms with van der Waals surface area (Å²) in [4.78, 5) is 29.1. The van der Waals surface area contributed by atoms with Crippen LogP contribution in [0.1, 0.15) is 6.92 Å². The molecule has 19 heavy (non-hydrogen) atoms. The van der Waals surface area contributed by atoms with E-state index in [1.54, 1.807) is 18.5 Å². The van der Waals surface area contributed by atoms with Gasteiger partial charge in [0.2, 0.25) is 11.8 Å². The second-order valence-corrected chi connectivity index (χ2v) is 5.10. The van der Waals surface area contributed by atoms with Crippen molar-refractivity contribution >= 4 is 33.4 Å². The zero-order chi connectivity index (χ0) is 13.8. The second kappa shape index (κ2) is 6.12. The monoisotopic (exact) mass is 327 g/mol. The SMILES string of the molecule is CC(=O)N1CCOCC1C(=O)Nc1cncc(Br)c1. The lowest BCUT2D eigenvalue weighted by Gasteiger charge is -2.33. The minimum Gasteiger partial charge on any atom is -0.377 e. The summed E-state index contributed by atoms with van der Waals surface area (Å²) >= 11 is 3.28. The molecule has 6 nitrogen and oxygen atoms in total. The van der Waals surface area contributed by atoms with Crippen molar-refractivity contribution in [2.75, 3.05) is 25.1 Å². The van der Waals surface area contributed by atoms with Crippen molar-refractivity contribution in [2.45, 2.75) is 13.0 Å². The van der Waals surface area contributed by atoms with E-state index in [-0.39, 0.29) is 18.4 Å². The second-order valence-electron chi connectivity index (χ2n) is 4.18. The predicted octanol–water partition coefficient (Wildman–Crippen LogP) is 1.03. The molecule has 0 spiro atoms. The van der Waals surface area contributed by atoms with E-state index in [1.807, 2.05) is 0 Å². The molecule has 1 unspecified atom stereocenters. The van der Waals surface area contributed by atoms with E-state index in [0.717, 1.165) is 4.47 Å². The maximum absolute atomic E-state index is 12.2. The molecule has 2 amide bonds. The summed E-state index contributed by atoms with van der Waals surface area (Å²) in [5.74, 6) is -0.398. The third-order valence-corrected chi connectivity index (χ3v) is 3.24. The largest absolute Gasteiger partial charge is 0.377 e. The van der Waals surface area contributed by atoms with Crippen LogP contribution in [0.5, 0.6) is 0 Å². The summed E-state index contributed by atoms with van der Waals surface area (Å²) in [6, 6.07) is 1.15. The number of hydrogen-bond acceptors (Lipinski definition) is 4. The first-order chi connectivity index (χ1) is 9.08. The highest BCUT2D eigenvalue weighted by atomic mass is 79.9. The number of halogens is 1. The van der Waals surface area contributed by atoms with Crippen molar-refractivity contribution in [3.63, 3.8) is 0 Å². The molecule has 1 aliphatic heterocycles. The molecule has 0 radical (unpaired) electrons. The summed E-state index contributed by atoms with van der Waals surface area (Å²) in [6.07, 6.45) is 3.17. The average molecular weight is 328 g/mol. The number of anilines is 1. The third-order valence-electron chi connectivity index (χ3n) is 2.81. The molecule has 0 aliphatic carbocycles. The molecule has 1 saturated heterocycles. The number of carbonyl (C=O) groups is 2. The molecule has 1 N–H and O–H groups in total. The lowest BCUT2D eigenvalue weighted by molar-refractivity contribution is -0.144. The van der Waals surface area contributed by atoms with E-state index >= 15 is 0 Å². The van der Waals surface area contributed by atoms with Crippen molar-refractivity contribution in [2.24, 2.45) is 0 Å². The van der Waals surface area contributed by atoms with E-state index in [0.29, 0.717) is 18.8 Å². The smallest absolute Gasteiger partial charge is 0.249 e. The Morgan fingerprint density at radius 2 is 2.32 bits per heavy atom. The number of hydrogen-bond donors (Lipinski definition) is 1. The number of amides is 2. The number of aromatic nitrogens is 1. The molecular weight excluding hydrogens is 314 g/mol. The Morgan fingerprint density at radius 3 is 3.00 bits per heavy atom. The van der Waals surface area contributed by atoms with Crippen molar-refractivity contribution in [3.05, 3.63) is 22.9 Å². The molecule has 2 heterocycles. The van der Waals surface area contributed by atoms with Gasteiger partial charge in [-0.3, -0.25) is 14.6 Å². The fourth-order valence-electron chi connectivity index (χ4n) is 1.90. The van der Waals surface area contributed by atoms with Crippen LogP contribution in [0, 0.1) is 0 Å². The Labute approximate surface area is 119 Å². The summed E-state index contributed by atoms with van der Waals surface area (Å²) in [5, 5.41) is 2.73. The summed E-state index contributed by atoms with van der Waals surface area (Å²) in [5.41, 5.74) is 0.577. The molecule has 102 valence electrons. The zero-order valence-electron chi connectivity index (χ0n) is 10.4. The lowest BCUT2D eigenvalue weighted by atomic mass is 10.2. The predicted molar refractivity (Wildman–Crippen MR) is 72.6 cm³/mol. The normalized spacial score (nSPS) is 19.1. The molecule has 1 aliphatic rings. The van der Waals surface area contributed by atoms with E-state index in [1.165, 1.54) is 11.8 Å². The molecule has 0 bridgehead atoms. The van der Waals surface area contributed by atoms with Gasteiger partial charge in [-0.1, -0.05) is 0 Å². The maximum Gasteiger partial charge on any atom is 0.249 e. The Hall–Kier alpha value is -1.47. The topological polar surface area (TPSA) is 71.5 Å². The minimum absolute atomic E-state index is 0.129. The van der Waals surface area contributed by atoms with Crippen LogP contribution in [0.25, 0.3) is 0 Å². The first-order valence-electron chi connectivity index (χ1n) is 5.84. The van der Waals surface area contributed by atoms with Gasteiger partial charge in [-0.2, -0.15) is 0 Å². The highest BCUT2D eigenvalue weighted by molar-refractivity contribution is 9.10. The van der Waals surface area contributed by atoms with Gasteiger partial charge in [0.05, 0.1) is 25.1 Å². The first kappa shape index (κ1) is 14.0. The van der Waals surface area contributed by atoms with Crippen molar-refractivity contribution in [1.29, 1.82) is 0 Å². The van der Waals surface area contributed by atoms with Gasteiger partial charge in [-0.15, -0.1) is 0 Å². The van der Waals surface area contributed by atoms with Gasteiger partial charge in [0.1, 0.15) is 6.04 Å². The van der Waals surface area contributed by atoms with Crippen LogP contribution in [-0.4, -0.2) is 47.5 Å². The van der Waals surface area contributed by atoms with Crippen LogP contribution in [-0.2, 0) is 14.3 Å². The number of rotatable bonds is 2. The van der Waals surface area contributed by atoms with Gasteiger partial charge < -0.3 is 15.0 Å². The molecule has 1 aromatic rings. The first-order valence-corrected chi connectivity index (χ1v) is 6.63. The Balaban J connectivity index is 2.07. The Kier molecular flexibility index (Phi) is 4.49. The molecule has 0 saturated carbocycles. The third kappa shape index (κ3) is 3.51. The van der Waals surface area contributed by atoms with E-state index in [2.05, 4.69) is 26.2 Å². The summed E-state index contributed by atoms with van der Waals surface area (Å²) in [7, 11) is 0. The fourth-order valence-corrected chi connectivity index (χ4v) is 2.27. The van der Waals surface area contributed by atoms with Crippen molar-refractivity contribution in [1.82, 2.24) is 9.88 Å². The molecule has 1 atom stereocenters. The molecular formula is C12H14BrN3O3. The number of pyridine rings is 1. The van der Waals surface area contributed by atoms with E-state index in [4.69, 9.17) is 4.74 Å². The van der Waals surface area contributed by atoms with Crippen LogP contribution in [0.3, 0.4) is 0 Å². The van der Waals surface area contributed by atoms with Gasteiger partial charge >= 0.3 is 0 Å². The van der Waals surface area contributed by atoms with Gasteiger partial charge in [-0.25, -0.2) is 0 Å². The Bertz CT molecular complexity index is 495. The number of ether oxygens (including phenoxy) is 1. The summed E-state index contributed by atoms with van der Waals surface area (Å²) < 4.78 is 6.04. The average Bonchev–Trinajstić information content (AvgIpc) is 2.38. The summed E-state index contributed by atoms with van der Waals surface area (Å²) in [6.45, 7) is 2.56. The van der Waals surface area contributed by atoms with Gasteiger partial charge in [0.15, 0.2) is 0 Å². The number of nitrogens with zero attached hydrogens (tertiary/aromatic N) is 2. The molecule has 0 aromatic carbocycles. The van der Waals surface area contributed by atoms with Gasteiger partial charge in [0, 0.05) is 24.1 Å². The highest BCUT2D eigenvalue weighted by Crippen LogP contribution is 2.15. The van der Waals surface area contributed by atoms with Crippen molar-refractivity contribution in [3.8, 4) is 0 Å². The number of morpholine rings is 1. The molecule has 1 aromatic heterocycles. The quantitative estimate of drug-likeness (QED) is 0.880. The van der Waals surface area contributed by atoms with Crippen molar-refractivity contribution < 1.29 is 14.3 Å².